The van der Waals surface area contributed by atoms with Gasteiger partial charge in [0.25, 0.3) is 6.33 Å². The molecule has 0 unspecified atom stereocenters. The molecule has 150 valence electrons. The second-order valence-electron chi connectivity index (χ2n) is 5.52. The average molecular weight is 449 g/mol. The Balaban J connectivity index is 0.000000279. The van der Waals surface area contributed by atoms with Gasteiger partial charge >= 0.3 is 25.8 Å². The Kier molecular flexibility index (Phi) is 5.92. The molecule has 0 saturated carbocycles. The monoisotopic (exact) mass is 448 g/mol. The summed E-state index contributed by atoms with van der Waals surface area (Å²) < 4.78 is 86.8. The molecule has 1 aromatic carbocycles. The number of fused-ring (bicyclic) bond motifs is 1. The molecule has 1 aliphatic rings. The van der Waals surface area contributed by atoms with Gasteiger partial charge in [0.1, 0.15) is 12.4 Å². The predicted molar refractivity (Wildman–Crippen MR) is 88.2 cm³/mol. The lowest BCUT2D eigenvalue weighted by atomic mass is 10.1. The van der Waals surface area contributed by atoms with E-state index in [2.05, 4.69) is 0 Å². The van der Waals surface area contributed by atoms with Gasteiger partial charge in [0.05, 0.1) is 7.05 Å². The number of hydrogen-bond donors (Lipinski definition) is 1. The third kappa shape index (κ3) is 4.99. The topological polar surface area (TPSA) is 101 Å². The molecule has 2 heterocycles. The molecule has 14 heteroatoms. The van der Waals surface area contributed by atoms with E-state index in [9.17, 15) is 21.6 Å². The lowest BCUT2D eigenvalue weighted by Gasteiger charge is -2.11. The maximum Gasteiger partial charge on any atom is 0.522 e. The van der Waals surface area contributed by atoms with E-state index in [4.69, 9.17) is 24.6 Å². The van der Waals surface area contributed by atoms with Gasteiger partial charge in [0, 0.05) is 18.1 Å². The van der Waals surface area contributed by atoms with Crippen LogP contribution in [0.4, 0.5) is 13.2 Å². The van der Waals surface area contributed by atoms with Crippen LogP contribution in [-0.2, 0) is 40.5 Å². The summed E-state index contributed by atoms with van der Waals surface area (Å²) in [6.07, 6.45) is 4.76. The van der Waals surface area contributed by atoms with Gasteiger partial charge in [-0.2, -0.15) is 34.3 Å². The number of aryl methyl sites for hydroxylation is 1. The van der Waals surface area contributed by atoms with Crippen LogP contribution in [0.1, 0.15) is 11.1 Å². The van der Waals surface area contributed by atoms with Gasteiger partial charge in [-0.15, -0.1) is 3.97 Å². The van der Waals surface area contributed by atoms with Crippen molar-refractivity contribution in [1.82, 2.24) is 8.28 Å². The molecular formula is C13H14ClF3N3O5S2+. The van der Waals surface area contributed by atoms with Gasteiger partial charge in [-0.3, -0.25) is 4.55 Å². The fourth-order valence-electron chi connectivity index (χ4n) is 2.19. The van der Waals surface area contributed by atoms with Crippen LogP contribution < -0.4 is 4.57 Å². The fraction of sp³-hybridized carbons (Fsp3) is 0.308. The highest BCUT2D eigenvalue weighted by Crippen LogP contribution is 2.28. The van der Waals surface area contributed by atoms with Crippen LogP contribution in [0.15, 0.2) is 36.9 Å². The number of hydrogen-bond acceptors (Lipinski definition) is 4. The van der Waals surface area contributed by atoms with Crippen molar-refractivity contribution in [1.29, 1.82) is 0 Å². The fourth-order valence-corrected chi connectivity index (χ4v) is 3.73. The zero-order valence-electron chi connectivity index (χ0n) is 13.6. The van der Waals surface area contributed by atoms with Gasteiger partial charge in [-0.05, 0) is 23.3 Å². The molecule has 0 spiro atoms. The summed E-state index contributed by atoms with van der Waals surface area (Å²) in [6.45, 7) is 0.747. The van der Waals surface area contributed by atoms with Crippen LogP contribution in [0.25, 0.3) is 0 Å². The first-order valence-corrected chi connectivity index (χ1v) is 10.3. The first kappa shape index (κ1) is 21.6. The Morgan fingerprint density at radius 1 is 1.15 bits per heavy atom. The van der Waals surface area contributed by atoms with Gasteiger partial charge in [-0.1, -0.05) is 17.7 Å². The molecule has 0 fully saturated rings. The second kappa shape index (κ2) is 7.39. The van der Waals surface area contributed by atoms with Gasteiger partial charge in [0.15, 0.2) is 0 Å². The number of aromatic nitrogens is 2. The molecular weight excluding hydrogens is 435 g/mol. The zero-order chi connectivity index (χ0) is 20.6. The lowest BCUT2D eigenvalue weighted by Crippen LogP contribution is -2.32. The summed E-state index contributed by atoms with van der Waals surface area (Å²) in [5.74, 6) is 0. The zero-order valence-corrected chi connectivity index (χ0v) is 16.0. The van der Waals surface area contributed by atoms with E-state index in [0.29, 0.717) is 18.1 Å². The number of imidazole rings is 1. The van der Waals surface area contributed by atoms with Gasteiger partial charge in [-0.25, -0.2) is 4.57 Å². The van der Waals surface area contributed by atoms with Crippen LogP contribution in [0, 0.1) is 0 Å². The molecule has 0 amide bonds. The number of rotatable bonds is 2. The molecule has 27 heavy (non-hydrogen) atoms. The molecule has 0 atom stereocenters. The van der Waals surface area contributed by atoms with Crippen LogP contribution in [0.3, 0.4) is 0 Å². The molecule has 0 aliphatic carbocycles. The molecule has 1 aliphatic heterocycles. The Morgan fingerprint density at radius 3 is 2.19 bits per heavy atom. The molecule has 8 nitrogen and oxygen atoms in total. The first-order valence-electron chi connectivity index (χ1n) is 7.07. The molecule has 1 aromatic heterocycles. The van der Waals surface area contributed by atoms with Crippen molar-refractivity contribution in [2.75, 3.05) is 0 Å². The van der Waals surface area contributed by atoms with E-state index in [1.165, 1.54) is 20.8 Å². The van der Waals surface area contributed by atoms with Crippen LogP contribution in [0.2, 0.25) is 5.02 Å². The Hall–Kier alpha value is -1.67. The Labute approximate surface area is 158 Å². The standard InChI is InChI=1S/C12H13ClN3O2S.CHF3O3S/c1-14-4-5-15(9-14)19(17,18)16-7-10-2-3-12(13)6-11(10)8-16;2-1(3,4)8(5,6)7/h2-6,9H,7-8H2,1H3;(H,5,6,7)/q+1;. The second-order valence-corrected chi connectivity index (χ2v) is 9.20. The van der Waals surface area contributed by atoms with Crippen molar-refractivity contribution in [3.05, 3.63) is 53.1 Å². The van der Waals surface area contributed by atoms with Crippen LogP contribution >= 0.6 is 11.6 Å². The average Bonchev–Trinajstić information content (AvgIpc) is 3.12. The maximum absolute atomic E-state index is 12.4. The van der Waals surface area contributed by atoms with E-state index in [0.717, 1.165) is 11.1 Å². The minimum absolute atomic E-state index is 0.361. The molecule has 3 rings (SSSR count). The Bertz CT molecular complexity index is 1050. The quantitative estimate of drug-likeness (QED) is 0.426. The van der Waals surface area contributed by atoms with Crippen LogP contribution in [-0.4, -0.2) is 35.2 Å². The van der Waals surface area contributed by atoms with Crippen molar-refractivity contribution in [2.24, 2.45) is 7.05 Å². The normalized spacial score (nSPS) is 15.2. The number of nitrogens with zero attached hydrogens (tertiary/aromatic N) is 3. The summed E-state index contributed by atoms with van der Waals surface area (Å²) in [7, 11) is -7.57. The first-order chi connectivity index (χ1) is 12.2. The molecule has 2 aromatic rings. The predicted octanol–water partition coefficient (Wildman–Crippen LogP) is 1.47. The maximum atomic E-state index is 12.4. The number of benzene rings is 1. The van der Waals surface area contributed by atoms with Gasteiger partial charge < -0.3 is 0 Å². The molecule has 0 radical (unpaired) electrons. The molecule has 1 N–H and O–H groups in total. The third-order valence-corrected chi connectivity index (χ3v) is 5.97. The highest BCUT2D eigenvalue weighted by atomic mass is 35.5. The SMILES string of the molecule is C[n+]1ccn(S(=O)(=O)N2Cc3ccc(Cl)cc3C2)c1.O=S(=O)(O)C(F)(F)F. The largest absolute Gasteiger partial charge is 0.522 e. The van der Waals surface area contributed by atoms with E-state index in [-0.39, 0.29) is 0 Å². The van der Waals surface area contributed by atoms with E-state index in [1.54, 1.807) is 23.9 Å². The number of alkyl halides is 3. The Morgan fingerprint density at radius 2 is 1.70 bits per heavy atom. The van der Waals surface area contributed by atoms with E-state index < -0.39 is 25.8 Å². The minimum Gasteiger partial charge on any atom is -0.279 e. The molecule has 0 bridgehead atoms. The summed E-state index contributed by atoms with van der Waals surface area (Å²) >= 11 is 5.93. The van der Waals surface area contributed by atoms with E-state index >= 15 is 0 Å². The van der Waals surface area contributed by atoms with Crippen molar-refractivity contribution >= 4 is 31.9 Å². The van der Waals surface area contributed by atoms with Crippen LogP contribution in [0.5, 0.6) is 0 Å². The molecule has 0 saturated heterocycles. The summed E-state index contributed by atoms with van der Waals surface area (Å²) in [4.78, 5) is 0. The van der Waals surface area contributed by atoms with Crippen molar-refractivity contribution in [3.63, 3.8) is 0 Å². The van der Waals surface area contributed by atoms with Crippen molar-refractivity contribution < 1.29 is 39.1 Å². The van der Waals surface area contributed by atoms with Crippen molar-refractivity contribution in [3.8, 4) is 0 Å². The summed E-state index contributed by atoms with van der Waals surface area (Å²) in [6, 6.07) is 5.48. The smallest absolute Gasteiger partial charge is 0.279 e. The number of halogens is 4. The van der Waals surface area contributed by atoms with E-state index in [1.807, 2.05) is 12.1 Å². The van der Waals surface area contributed by atoms with Crippen molar-refractivity contribution in [2.45, 2.75) is 18.6 Å². The highest BCUT2D eigenvalue weighted by Gasteiger charge is 2.44. The highest BCUT2D eigenvalue weighted by molar-refractivity contribution is 7.87. The lowest BCUT2D eigenvalue weighted by molar-refractivity contribution is -0.670. The third-order valence-electron chi connectivity index (χ3n) is 3.49. The summed E-state index contributed by atoms with van der Waals surface area (Å²) in [5, 5.41) is 0.630. The minimum atomic E-state index is -5.84. The van der Waals surface area contributed by atoms with Gasteiger partial charge in [0.2, 0.25) is 0 Å². The summed E-state index contributed by atoms with van der Waals surface area (Å²) in [5.41, 5.74) is -3.57.